The predicted octanol–water partition coefficient (Wildman–Crippen LogP) is 3.73. The zero-order chi connectivity index (χ0) is 15.2. The van der Waals surface area contributed by atoms with Gasteiger partial charge in [0.05, 0.1) is 5.92 Å². The van der Waals surface area contributed by atoms with Gasteiger partial charge in [-0.1, -0.05) is 18.2 Å². The Bertz CT molecular complexity index is 686. The van der Waals surface area contributed by atoms with Crippen molar-refractivity contribution in [2.45, 2.75) is 25.1 Å². The van der Waals surface area contributed by atoms with Crippen LogP contribution in [0.1, 0.15) is 24.5 Å². The standard InChI is InChI=1S/C15H14F3NO2/c1-19-8-11(10-4-2-3-5-12(10)19)13(15(16,17)18)21-14(20)9-6-7-9/h2-5,8-9,13H,6-7H2,1H3/t13-/m1/s1. The van der Waals surface area contributed by atoms with Crippen molar-refractivity contribution in [1.82, 2.24) is 4.57 Å². The van der Waals surface area contributed by atoms with E-state index in [2.05, 4.69) is 0 Å². The van der Waals surface area contributed by atoms with E-state index < -0.39 is 18.2 Å². The first kappa shape index (κ1) is 14.0. The zero-order valence-corrected chi connectivity index (χ0v) is 11.4. The van der Waals surface area contributed by atoms with Gasteiger partial charge in [0, 0.05) is 29.7 Å². The van der Waals surface area contributed by atoms with Gasteiger partial charge in [-0.3, -0.25) is 4.79 Å². The Labute approximate surface area is 119 Å². The van der Waals surface area contributed by atoms with Crippen LogP contribution in [0.3, 0.4) is 0 Å². The van der Waals surface area contributed by atoms with Crippen molar-refractivity contribution in [2.75, 3.05) is 0 Å². The number of carbonyl (C=O) groups is 1. The maximum absolute atomic E-state index is 13.3. The van der Waals surface area contributed by atoms with E-state index in [1.165, 1.54) is 6.20 Å². The summed E-state index contributed by atoms with van der Waals surface area (Å²) in [5, 5.41) is 0.450. The van der Waals surface area contributed by atoms with Crippen LogP contribution in [0.2, 0.25) is 0 Å². The van der Waals surface area contributed by atoms with Crippen LogP contribution in [0.25, 0.3) is 10.9 Å². The number of alkyl halides is 3. The number of carbonyl (C=O) groups excluding carboxylic acids is 1. The van der Waals surface area contributed by atoms with Crippen LogP contribution in [0.5, 0.6) is 0 Å². The summed E-state index contributed by atoms with van der Waals surface area (Å²) in [6.45, 7) is 0. The molecule has 1 aromatic heterocycles. The van der Waals surface area contributed by atoms with Crippen molar-refractivity contribution in [1.29, 1.82) is 0 Å². The Morgan fingerprint density at radius 2 is 2.00 bits per heavy atom. The Morgan fingerprint density at radius 3 is 2.62 bits per heavy atom. The fourth-order valence-corrected chi connectivity index (χ4v) is 2.42. The first-order chi connectivity index (χ1) is 9.88. The van der Waals surface area contributed by atoms with E-state index in [0.29, 0.717) is 23.7 Å². The summed E-state index contributed by atoms with van der Waals surface area (Å²) >= 11 is 0. The van der Waals surface area contributed by atoms with Crippen LogP contribution in [-0.2, 0) is 16.6 Å². The predicted molar refractivity (Wildman–Crippen MR) is 70.5 cm³/mol. The van der Waals surface area contributed by atoms with Crippen LogP contribution in [0.15, 0.2) is 30.5 Å². The Balaban J connectivity index is 2.03. The molecule has 1 aliphatic carbocycles. The molecule has 3 rings (SSSR count). The minimum Gasteiger partial charge on any atom is -0.447 e. The van der Waals surface area contributed by atoms with Gasteiger partial charge in [-0.2, -0.15) is 13.2 Å². The molecular weight excluding hydrogens is 283 g/mol. The number of nitrogens with zero attached hydrogens (tertiary/aromatic N) is 1. The second-order valence-corrected chi connectivity index (χ2v) is 5.35. The van der Waals surface area contributed by atoms with Gasteiger partial charge in [0.25, 0.3) is 0 Å². The molecular formula is C15H14F3NO2. The normalized spacial score (nSPS) is 17.0. The topological polar surface area (TPSA) is 31.2 Å². The SMILES string of the molecule is Cn1cc([C@@H](OC(=O)C2CC2)C(F)(F)F)c2ccccc21. The lowest BCUT2D eigenvalue weighted by Gasteiger charge is -2.20. The number of rotatable bonds is 3. The van der Waals surface area contributed by atoms with Crippen molar-refractivity contribution >= 4 is 16.9 Å². The van der Waals surface area contributed by atoms with Crippen molar-refractivity contribution < 1.29 is 22.7 Å². The summed E-state index contributed by atoms with van der Waals surface area (Å²) in [5.41, 5.74) is 0.652. The molecule has 0 unspecified atom stereocenters. The van der Waals surface area contributed by atoms with E-state index in [1.807, 2.05) is 0 Å². The van der Waals surface area contributed by atoms with Gasteiger partial charge in [-0.05, 0) is 18.9 Å². The van der Waals surface area contributed by atoms with Crippen molar-refractivity contribution in [3.05, 3.63) is 36.0 Å². The average molecular weight is 297 g/mol. The number of aryl methyl sites for hydroxylation is 1. The van der Waals surface area contributed by atoms with E-state index in [9.17, 15) is 18.0 Å². The molecule has 1 atom stereocenters. The summed E-state index contributed by atoms with van der Waals surface area (Å²) in [5.74, 6) is -1.13. The summed E-state index contributed by atoms with van der Waals surface area (Å²) in [4.78, 5) is 11.6. The Kier molecular flexibility index (Phi) is 3.19. The van der Waals surface area contributed by atoms with Gasteiger partial charge >= 0.3 is 12.1 Å². The number of hydrogen-bond donors (Lipinski definition) is 0. The third-order valence-electron chi connectivity index (χ3n) is 3.65. The molecule has 21 heavy (non-hydrogen) atoms. The van der Waals surface area contributed by atoms with E-state index in [0.717, 1.165) is 0 Å². The molecule has 1 heterocycles. The summed E-state index contributed by atoms with van der Waals surface area (Å²) in [6, 6.07) is 6.76. The van der Waals surface area contributed by atoms with E-state index in [4.69, 9.17) is 4.74 Å². The Hall–Kier alpha value is -1.98. The molecule has 1 aliphatic rings. The number of aromatic nitrogens is 1. The van der Waals surface area contributed by atoms with Crippen molar-refractivity contribution in [2.24, 2.45) is 13.0 Å². The number of ether oxygens (including phenoxy) is 1. The minimum atomic E-state index is -4.63. The lowest BCUT2D eigenvalue weighted by molar-refractivity contribution is -0.224. The number of hydrogen-bond acceptors (Lipinski definition) is 2. The van der Waals surface area contributed by atoms with E-state index in [1.54, 1.807) is 35.9 Å². The lowest BCUT2D eigenvalue weighted by Crippen LogP contribution is -2.26. The highest BCUT2D eigenvalue weighted by Crippen LogP contribution is 2.42. The lowest BCUT2D eigenvalue weighted by atomic mass is 10.1. The quantitative estimate of drug-likeness (QED) is 0.808. The highest BCUT2D eigenvalue weighted by Gasteiger charge is 2.47. The smallest absolute Gasteiger partial charge is 0.429 e. The fraction of sp³-hybridized carbons (Fsp3) is 0.400. The number of benzene rings is 1. The van der Waals surface area contributed by atoms with Crippen LogP contribution in [0.4, 0.5) is 13.2 Å². The number of esters is 1. The monoisotopic (exact) mass is 297 g/mol. The van der Waals surface area contributed by atoms with Crippen LogP contribution in [0, 0.1) is 5.92 Å². The molecule has 0 N–H and O–H groups in total. The molecule has 1 fully saturated rings. The number of fused-ring (bicyclic) bond motifs is 1. The maximum atomic E-state index is 13.3. The molecule has 2 aromatic rings. The van der Waals surface area contributed by atoms with Gasteiger partial charge < -0.3 is 9.30 Å². The third kappa shape index (κ3) is 2.62. The molecule has 0 aliphatic heterocycles. The van der Waals surface area contributed by atoms with Crippen LogP contribution in [-0.4, -0.2) is 16.7 Å². The summed E-state index contributed by atoms with van der Waals surface area (Å²) in [6.07, 6.45) is -4.24. The highest BCUT2D eigenvalue weighted by molar-refractivity contribution is 5.85. The molecule has 1 aromatic carbocycles. The summed E-state index contributed by atoms with van der Waals surface area (Å²) < 4.78 is 46.3. The van der Waals surface area contributed by atoms with Gasteiger partial charge in [0.15, 0.2) is 0 Å². The number of para-hydroxylation sites is 1. The molecule has 0 saturated heterocycles. The first-order valence-electron chi connectivity index (χ1n) is 6.69. The fourth-order valence-electron chi connectivity index (χ4n) is 2.42. The second kappa shape index (κ2) is 4.79. The van der Waals surface area contributed by atoms with Gasteiger partial charge in [0.1, 0.15) is 0 Å². The zero-order valence-electron chi connectivity index (χ0n) is 11.4. The molecule has 3 nitrogen and oxygen atoms in total. The van der Waals surface area contributed by atoms with Gasteiger partial charge in [-0.15, -0.1) is 0 Å². The van der Waals surface area contributed by atoms with Crippen LogP contribution < -0.4 is 0 Å². The molecule has 0 amide bonds. The van der Waals surface area contributed by atoms with Crippen molar-refractivity contribution in [3.8, 4) is 0 Å². The summed E-state index contributed by atoms with van der Waals surface area (Å²) in [7, 11) is 1.67. The van der Waals surface area contributed by atoms with E-state index in [-0.39, 0.29) is 11.5 Å². The van der Waals surface area contributed by atoms with E-state index >= 15 is 0 Å². The molecule has 0 bridgehead atoms. The third-order valence-corrected chi connectivity index (χ3v) is 3.65. The largest absolute Gasteiger partial charge is 0.447 e. The highest BCUT2D eigenvalue weighted by atomic mass is 19.4. The maximum Gasteiger partial charge on any atom is 0.429 e. The minimum absolute atomic E-state index is 0.0189. The van der Waals surface area contributed by atoms with Gasteiger partial charge in [0.2, 0.25) is 6.10 Å². The average Bonchev–Trinajstić information content (AvgIpc) is 3.21. The molecule has 1 saturated carbocycles. The molecule has 112 valence electrons. The van der Waals surface area contributed by atoms with Crippen molar-refractivity contribution in [3.63, 3.8) is 0 Å². The molecule has 0 radical (unpaired) electrons. The Morgan fingerprint density at radius 1 is 1.33 bits per heavy atom. The second-order valence-electron chi connectivity index (χ2n) is 5.35. The van der Waals surface area contributed by atoms with Gasteiger partial charge in [-0.25, -0.2) is 0 Å². The molecule has 6 heteroatoms. The first-order valence-corrected chi connectivity index (χ1v) is 6.69. The van der Waals surface area contributed by atoms with Crippen LogP contribution >= 0.6 is 0 Å². The number of halogens is 3. The molecule has 0 spiro atoms.